The molecule has 190 valence electrons. The van der Waals surface area contributed by atoms with E-state index < -0.39 is 21.8 Å². The maximum absolute atomic E-state index is 12.9. The summed E-state index contributed by atoms with van der Waals surface area (Å²) in [5, 5.41) is 3.08. The lowest BCUT2D eigenvalue weighted by molar-refractivity contribution is -0.469. The van der Waals surface area contributed by atoms with E-state index in [1.54, 1.807) is 42.9 Å². The lowest BCUT2D eigenvalue weighted by Gasteiger charge is -2.15. The van der Waals surface area contributed by atoms with Gasteiger partial charge in [0.15, 0.2) is 12.8 Å². The number of anilines is 1. The van der Waals surface area contributed by atoms with E-state index in [4.69, 9.17) is 5.73 Å². The zero-order valence-corrected chi connectivity index (χ0v) is 20.3. The minimum absolute atomic E-state index is 0.131. The van der Waals surface area contributed by atoms with Crippen LogP contribution in [0.1, 0.15) is 16.7 Å². The molecule has 0 unspecified atom stereocenters. The topological polar surface area (TPSA) is 111 Å². The number of nitrogens with zero attached hydrogens (tertiary/aromatic N) is 1. The molecular weight excluding hydrogens is 491 g/mol. The van der Waals surface area contributed by atoms with Crippen molar-refractivity contribution in [1.29, 1.82) is 0 Å². The van der Waals surface area contributed by atoms with Gasteiger partial charge in [-0.05, 0) is 54.6 Å². The van der Waals surface area contributed by atoms with Gasteiger partial charge in [0.05, 0.1) is 11.3 Å². The Balaban J connectivity index is 1.88. The fourth-order valence-electron chi connectivity index (χ4n) is 3.31. The minimum Gasteiger partial charge on any atom is -0.398 e. The van der Waals surface area contributed by atoms with Gasteiger partial charge in [-0.2, -0.15) is 13.2 Å². The molecule has 1 aromatic heterocycles. The van der Waals surface area contributed by atoms with Crippen molar-refractivity contribution in [2.75, 3.05) is 24.7 Å². The molecule has 0 radical (unpaired) electrons. The summed E-state index contributed by atoms with van der Waals surface area (Å²) in [4.78, 5) is 7.18. The number of halogens is 3. The Labute approximate surface area is 208 Å². The number of nitrogens with two attached hydrogens (primary N) is 1. The number of nitrogens with one attached hydrogen (secondary N) is 3. The summed E-state index contributed by atoms with van der Waals surface area (Å²) in [6, 6.07) is 13.8. The first kappa shape index (κ1) is 26.9. The first-order valence-corrected chi connectivity index (χ1v) is 12.6. The molecule has 11 heteroatoms. The molecule has 0 fully saturated rings. The highest BCUT2D eigenvalue weighted by molar-refractivity contribution is 7.89. The Morgan fingerprint density at radius 3 is 2.47 bits per heavy atom. The molecule has 7 nitrogen and oxygen atoms in total. The molecule has 0 aliphatic rings. The van der Waals surface area contributed by atoms with Crippen molar-refractivity contribution in [3.63, 3.8) is 0 Å². The summed E-state index contributed by atoms with van der Waals surface area (Å²) >= 11 is 0. The SMILES string of the molecule is CNS(=O)(=O)CCNc1ccc(-c2ccc(C(F)(F)F)cc2)cc1/C(N)=C/C=[NH+]Cc1cccnc1. The van der Waals surface area contributed by atoms with Crippen LogP contribution in [0.25, 0.3) is 16.8 Å². The number of sulfonamides is 1. The van der Waals surface area contributed by atoms with Gasteiger partial charge in [0.25, 0.3) is 0 Å². The second kappa shape index (κ2) is 11.8. The number of alkyl halides is 3. The number of hydrogen-bond acceptors (Lipinski definition) is 5. The van der Waals surface area contributed by atoms with Crippen molar-refractivity contribution in [1.82, 2.24) is 9.71 Å². The van der Waals surface area contributed by atoms with Crippen LogP contribution in [0.2, 0.25) is 0 Å². The van der Waals surface area contributed by atoms with E-state index >= 15 is 0 Å². The third kappa shape index (κ3) is 7.65. The van der Waals surface area contributed by atoms with Crippen LogP contribution in [0.4, 0.5) is 18.9 Å². The fourth-order valence-corrected chi connectivity index (χ4v) is 3.88. The van der Waals surface area contributed by atoms with Gasteiger partial charge < -0.3 is 11.1 Å². The summed E-state index contributed by atoms with van der Waals surface area (Å²) in [5.41, 5.74) is 9.38. The van der Waals surface area contributed by atoms with Crippen LogP contribution in [-0.2, 0) is 22.7 Å². The molecule has 3 aromatic rings. The van der Waals surface area contributed by atoms with Crippen molar-refractivity contribution >= 4 is 27.6 Å². The van der Waals surface area contributed by atoms with E-state index in [9.17, 15) is 21.6 Å². The van der Waals surface area contributed by atoms with Gasteiger partial charge in [-0.1, -0.05) is 18.2 Å². The number of aromatic nitrogens is 1. The lowest BCUT2D eigenvalue weighted by Crippen LogP contribution is -2.66. The Morgan fingerprint density at radius 2 is 1.83 bits per heavy atom. The Morgan fingerprint density at radius 1 is 1.11 bits per heavy atom. The molecule has 5 N–H and O–H groups in total. The first-order valence-electron chi connectivity index (χ1n) is 11.0. The molecule has 1 heterocycles. The van der Waals surface area contributed by atoms with E-state index in [-0.39, 0.29) is 12.3 Å². The molecule has 0 spiro atoms. The molecule has 0 saturated heterocycles. The van der Waals surface area contributed by atoms with E-state index in [1.807, 2.05) is 12.1 Å². The minimum atomic E-state index is -4.42. The van der Waals surface area contributed by atoms with Gasteiger partial charge in [0.1, 0.15) is 0 Å². The van der Waals surface area contributed by atoms with E-state index in [0.717, 1.165) is 17.7 Å². The molecule has 0 aliphatic carbocycles. The third-order valence-electron chi connectivity index (χ3n) is 5.28. The molecule has 0 bridgehead atoms. The van der Waals surface area contributed by atoms with Crippen LogP contribution in [0.3, 0.4) is 0 Å². The van der Waals surface area contributed by atoms with Gasteiger partial charge in [-0.25, -0.2) is 18.1 Å². The highest BCUT2D eigenvalue weighted by Gasteiger charge is 2.30. The molecule has 3 rings (SSSR count). The Bertz CT molecular complexity index is 1320. The van der Waals surface area contributed by atoms with Crippen molar-refractivity contribution < 1.29 is 26.6 Å². The van der Waals surface area contributed by atoms with Crippen molar-refractivity contribution in [2.45, 2.75) is 12.7 Å². The maximum Gasteiger partial charge on any atom is 0.416 e. The number of hydrogen-bond donors (Lipinski definition) is 4. The van der Waals surface area contributed by atoms with Gasteiger partial charge in [0.2, 0.25) is 10.0 Å². The highest BCUT2D eigenvalue weighted by atomic mass is 32.2. The van der Waals surface area contributed by atoms with Crippen LogP contribution < -0.4 is 20.8 Å². The smallest absolute Gasteiger partial charge is 0.398 e. The molecule has 36 heavy (non-hydrogen) atoms. The average Bonchev–Trinajstić information content (AvgIpc) is 2.87. The normalized spacial score (nSPS) is 12.7. The zero-order chi connectivity index (χ0) is 26.2. The number of pyridine rings is 1. The standard InChI is InChI=1S/C25H26F3N5O2S/c1-30-36(34,35)14-13-33-24-9-6-20(19-4-7-21(8-5-19)25(26,27)28)15-22(24)23(29)10-12-32-17-18-3-2-11-31-16-18/h2-12,15-16,30,33H,13-14,17,29H2,1H3/p+1/b23-10-,32-12?. The summed E-state index contributed by atoms with van der Waals surface area (Å²) in [5.74, 6) is -0.147. The summed E-state index contributed by atoms with van der Waals surface area (Å²) in [6.45, 7) is 0.669. The predicted molar refractivity (Wildman–Crippen MR) is 135 cm³/mol. The van der Waals surface area contributed by atoms with Crippen LogP contribution in [0, 0.1) is 0 Å². The number of allylic oxidation sites excluding steroid dienone is 1. The Kier molecular flexibility index (Phi) is 8.83. The molecular formula is C25H27F3N5O2S+. The lowest BCUT2D eigenvalue weighted by atomic mass is 9.99. The van der Waals surface area contributed by atoms with Gasteiger partial charge in [-0.3, -0.25) is 4.98 Å². The second-order valence-electron chi connectivity index (χ2n) is 7.82. The van der Waals surface area contributed by atoms with Gasteiger partial charge >= 0.3 is 6.18 Å². The van der Waals surface area contributed by atoms with E-state index in [1.165, 1.54) is 19.2 Å². The summed E-state index contributed by atoms with van der Waals surface area (Å²) in [6.07, 6.45) is 2.35. The second-order valence-corrected chi connectivity index (χ2v) is 9.86. The van der Waals surface area contributed by atoms with Crippen molar-refractivity contribution in [2.24, 2.45) is 5.73 Å². The monoisotopic (exact) mass is 518 g/mol. The van der Waals surface area contributed by atoms with E-state index in [2.05, 4.69) is 20.0 Å². The molecule has 0 atom stereocenters. The quantitative estimate of drug-likeness (QED) is 0.308. The molecule has 0 saturated carbocycles. The summed E-state index contributed by atoms with van der Waals surface area (Å²) in [7, 11) is -2.06. The number of benzene rings is 2. The maximum atomic E-state index is 12.9. The largest absolute Gasteiger partial charge is 0.416 e. The van der Waals surface area contributed by atoms with Gasteiger partial charge in [-0.15, -0.1) is 0 Å². The van der Waals surface area contributed by atoms with Crippen LogP contribution in [0.5, 0.6) is 0 Å². The van der Waals surface area contributed by atoms with Crippen LogP contribution in [-0.4, -0.2) is 39.0 Å². The molecule has 2 aromatic carbocycles. The highest BCUT2D eigenvalue weighted by Crippen LogP contribution is 2.32. The van der Waals surface area contributed by atoms with Crippen molar-refractivity contribution in [3.8, 4) is 11.1 Å². The predicted octanol–water partition coefficient (Wildman–Crippen LogP) is 2.38. The van der Waals surface area contributed by atoms with Crippen LogP contribution in [0.15, 0.2) is 73.1 Å². The zero-order valence-electron chi connectivity index (χ0n) is 19.5. The van der Waals surface area contributed by atoms with Crippen molar-refractivity contribution in [3.05, 3.63) is 89.8 Å². The van der Waals surface area contributed by atoms with Crippen LogP contribution >= 0.6 is 0 Å². The average molecular weight is 519 g/mol. The first-order chi connectivity index (χ1) is 17.1. The molecule has 0 aliphatic heterocycles. The fraction of sp³-hybridized carbons (Fsp3) is 0.200. The van der Waals surface area contributed by atoms with Gasteiger partial charge in [0, 0.05) is 47.5 Å². The Hall–Kier alpha value is -3.70. The summed E-state index contributed by atoms with van der Waals surface area (Å²) < 4.78 is 64.6. The van der Waals surface area contributed by atoms with E-state index in [0.29, 0.717) is 34.6 Å². The molecule has 0 amide bonds. The number of rotatable bonds is 10. The third-order valence-corrected chi connectivity index (χ3v) is 6.65.